The number of aromatic nitrogens is 4. The molecule has 37 heavy (non-hydrogen) atoms. The number of aryl methyl sites for hydroxylation is 1. The summed E-state index contributed by atoms with van der Waals surface area (Å²) in [6.07, 6.45) is 3.78. The van der Waals surface area contributed by atoms with Crippen LogP contribution in [0.2, 0.25) is 5.02 Å². The predicted molar refractivity (Wildman–Crippen MR) is 141 cm³/mol. The minimum absolute atomic E-state index is 0.0645. The van der Waals surface area contributed by atoms with E-state index in [1.807, 2.05) is 17.6 Å². The topological polar surface area (TPSA) is 135 Å². The van der Waals surface area contributed by atoms with Crippen LogP contribution in [0, 0.1) is 18.3 Å². The van der Waals surface area contributed by atoms with Crippen LogP contribution in [-0.4, -0.2) is 40.8 Å². The van der Waals surface area contributed by atoms with Gasteiger partial charge in [-0.15, -0.1) is 0 Å². The van der Waals surface area contributed by atoms with E-state index < -0.39 is 9.84 Å². The lowest BCUT2D eigenvalue weighted by Gasteiger charge is -2.25. The van der Waals surface area contributed by atoms with Gasteiger partial charge in [-0.3, -0.25) is 4.57 Å². The maximum Gasteiger partial charge on any atom is 0.177 e. The zero-order valence-corrected chi connectivity index (χ0v) is 21.8. The highest BCUT2D eigenvalue weighted by Crippen LogP contribution is 2.35. The van der Waals surface area contributed by atoms with Crippen LogP contribution >= 0.6 is 11.6 Å². The molecular weight excluding hydrogens is 514 g/mol. The van der Waals surface area contributed by atoms with Gasteiger partial charge in [-0.2, -0.15) is 5.26 Å². The highest BCUT2D eigenvalue weighted by molar-refractivity contribution is 7.90. The van der Waals surface area contributed by atoms with E-state index >= 15 is 0 Å². The van der Waals surface area contributed by atoms with Crippen molar-refractivity contribution in [3.05, 3.63) is 59.0 Å². The quantitative estimate of drug-likeness (QED) is 0.338. The normalized spacial score (nSPS) is 15.9. The van der Waals surface area contributed by atoms with Crippen molar-refractivity contribution in [2.45, 2.75) is 37.3 Å². The Bertz CT molecular complexity index is 1640. The number of hydrogen-bond donors (Lipinski definition) is 2. The number of pyridine rings is 2. The summed E-state index contributed by atoms with van der Waals surface area (Å²) in [5.74, 6) is 1.60. The van der Waals surface area contributed by atoms with Crippen LogP contribution in [0.15, 0.2) is 47.4 Å². The smallest absolute Gasteiger partial charge is 0.177 e. The van der Waals surface area contributed by atoms with Crippen LogP contribution in [0.5, 0.6) is 0 Å². The Hall–Kier alpha value is -3.72. The molecule has 4 aromatic rings. The summed E-state index contributed by atoms with van der Waals surface area (Å²) in [6.45, 7) is 2.54. The van der Waals surface area contributed by atoms with Crippen molar-refractivity contribution in [1.29, 1.82) is 5.26 Å². The number of rotatable bonds is 6. The Morgan fingerprint density at radius 3 is 2.65 bits per heavy atom. The van der Waals surface area contributed by atoms with Crippen molar-refractivity contribution in [1.82, 2.24) is 19.5 Å². The van der Waals surface area contributed by atoms with Crippen molar-refractivity contribution < 1.29 is 13.2 Å². The molecule has 1 saturated heterocycles. The van der Waals surface area contributed by atoms with Gasteiger partial charge in [-0.05, 0) is 56.5 Å². The monoisotopic (exact) mass is 537 g/mol. The van der Waals surface area contributed by atoms with Gasteiger partial charge in [-0.25, -0.2) is 23.4 Å². The number of fused-ring (bicyclic) bond motifs is 1. The van der Waals surface area contributed by atoms with Crippen molar-refractivity contribution in [2.75, 3.05) is 23.5 Å². The van der Waals surface area contributed by atoms with Gasteiger partial charge in [0.15, 0.2) is 15.5 Å². The van der Waals surface area contributed by atoms with Gasteiger partial charge in [0.05, 0.1) is 16.3 Å². The number of hydrogen-bond acceptors (Lipinski definition) is 9. The molecule has 1 atom stereocenters. The standard InChI is InChI=1S/C25H24ClN7O3S/c1-15-28-24-19(30-18-10-9-16(26)12-20(18)37(2,34)35)13-22(31-21-7-5-6-17(14-27)29-21)32-25(24)33(15)23-8-3-4-11-36-23/h5-7,9-10,12-13,23H,3-4,8,11H2,1-2H3,(H2,29,30,31,32). The van der Waals surface area contributed by atoms with Gasteiger partial charge in [0.1, 0.15) is 41.0 Å². The number of benzene rings is 1. The first-order valence-electron chi connectivity index (χ1n) is 11.6. The average Bonchev–Trinajstić information content (AvgIpc) is 3.21. The van der Waals surface area contributed by atoms with E-state index in [1.165, 1.54) is 6.07 Å². The third-order valence-corrected chi connectivity index (χ3v) is 7.37. The predicted octanol–water partition coefficient (Wildman–Crippen LogP) is 5.25. The Kier molecular flexibility index (Phi) is 6.72. The number of nitrogens with zero attached hydrogens (tertiary/aromatic N) is 5. The third kappa shape index (κ3) is 5.22. The number of nitrogens with one attached hydrogen (secondary N) is 2. The molecule has 0 radical (unpaired) electrons. The Labute approximate surface area is 219 Å². The van der Waals surface area contributed by atoms with E-state index in [9.17, 15) is 13.7 Å². The molecule has 2 N–H and O–H groups in total. The first kappa shape index (κ1) is 25.0. The molecule has 1 aromatic carbocycles. The van der Waals surface area contributed by atoms with E-state index in [-0.39, 0.29) is 16.8 Å². The summed E-state index contributed by atoms with van der Waals surface area (Å²) in [5, 5.41) is 15.9. The Morgan fingerprint density at radius 2 is 1.92 bits per heavy atom. The number of halogens is 1. The molecule has 3 aromatic heterocycles. The molecule has 1 fully saturated rings. The average molecular weight is 538 g/mol. The summed E-state index contributed by atoms with van der Waals surface area (Å²) < 4.78 is 33.0. The molecule has 10 nitrogen and oxygen atoms in total. The summed E-state index contributed by atoms with van der Waals surface area (Å²) >= 11 is 6.10. The van der Waals surface area contributed by atoms with E-state index in [4.69, 9.17) is 26.3 Å². The molecule has 190 valence electrons. The van der Waals surface area contributed by atoms with Crippen LogP contribution in [-0.2, 0) is 14.6 Å². The molecular formula is C25H24ClN7O3S. The molecule has 0 spiro atoms. The summed E-state index contributed by atoms with van der Waals surface area (Å²) in [7, 11) is -3.58. The van der Waals surface area contributed by atoms with Gasteiger partial charge in [-0.1, -0.05) is 17.7 Å². The van der Waals surface area contributed by atoms with Crippen molar-refractivity contribution in [2.24, 2.45) is 0 Å². The minimum atomic E-state index is -3.58. The van der Waals surface area contributed by atoms with Gasteiger partial charge < -0.3 is 15.4 Å². The van der Waals surface area contributed by atoms with Crippen LogP contribution < -0.4 is 10.6 Å². The molecule has 0 aliphatic carbocycles. The summed E-state index contributed by atoms with van der Waals surface area (Å²) in [4.78, 5) is 13.9. The molecule has 5 rings (SSSR count). The second-order valence-corrected chi connectivity index (χ2v) is 11.2. The fraction of sp³-hybridized carbons (Fsp3) is 0.280. The maximum absolute atomic E-state index is 12.5. The maximum atomic E-state index is 12.5. The van der Waals surface area contributed by atoms with Gasteiger partial charge >= 0.3 is 0 Å². The van der Waals surface area contributed by atoms with Crippen LogP contribution in [0.25, 0.3) is 11.2 Å². The number of ether oxygens (including phenoxy) is 1. The van der Waals surface area contributed by atoms with E-state index in [0.717, 1.165) is 31.3 Å². The fourth-order valence-corrected chi connectivity index (χ4v) is 5.45. The highest BCUT2D eigenvalue weighted by atomic mass is 35.5. The molecule has 0 bridgehead atoms. The van der Waals surface area contributed by atoms with Gasteiger partial charge in [0.2, 0.25) is 0 Å². The summed E-state index contributed by atoms with van der Waals surface area (Å²) in [5.41, 5.74) is 2.29. The van der Waals surface area contributed by atoms with E-state index in [2.05, 4.69) is 15.6 Å². The zero-order chi connectivity index (χ0) is 26.2. The van der Waals surface area contributed by atoms with E-state index in [1.54, 1.807) is 36.4 Å². The zero-order valence-electron chi connectivity index (χ0n) is 20.2. The molecule has 1 aliphatic rings. The van der Waals surface area contributed by atoms with Crippen LogP contribution in [0.4, 0.5) is 23.0 Å². The first-order chi connectivity index (χ1) is 17.7. The fourth-order valence-electron chi connectivity index (χ4n) is 4.35. The number of anilines is 4. The van der Waals surface area contributed by atoms with Gasteiger partial charge in [0.25, 0.3) is 0 Å². The third-order valence-electron chi connectivity index (χ3n) is 6.00. The minimum Gasteiger partial charge on any atom is -0.358 e. The SMILES string of the molecule is Cc1nc2c(Nc3ccc(Cl)cc3S(C)(=O)=O)cc(Nc3cccc(C#N)n3)nc2n1C1CCCCO1. The number of sulfone groups is 1. The molecule has 0 amide bonds. The Morgan fingerprint density at radius 1 is 1.08 bits per heavy atom. The van der Waals surface area contributed by atoms with Crippen LogP contribution in [0.1, 0.15) is 37.0 Å². The highest BCUT2D eigenvalue weighted by Gasteiger charge is 2.24. The second-order valence-electron chi connectivity index (χ2n) is 8.76. The lowest BCUT2D eigenvalue weighted by Crippen LogP contribution is -2.19. The lowest BCUT2D eigenvalue weighted by atomic mass is 10.2. The molecule has 1 aliphatic heterocycles. The van der Waals surface area contributed by atoms with Gasteiger partial charge in [0, 0.05) is 24.0 Å². The Balaban J connectivity index is 1.66. The molecule has 12 heteroatoms. The van der Waals surface area contributed by atoms with E-state index in [0.29, 0.717) is 45.8 Å². The molecule has 1 unspecified atom stereocenters. The van der Waals surface area contributed by atoms with Crippen LogP contribution in [0.3, 0.4) is 0 Å². The van der Waals surface area contributed by atoms with Crippen molar-refractivity contribution >= 4 is 55.6 Å². The summed E-state index contributed by atoms with van der Waals surface area (Å²) in [6, 6.07) is 13.5. The second kappa shape index (κ2) is 9.97. The first-order valence-corrected chi connectivity index (χ1v) is 13.9. The largest absolute Gasteiger partial charge is 0.358 e. The molecule has 4 heterocycles. The lowest BCUT2D eigenvalue weighted by molar-refractivity contribution is -0.0308. The number of nitriles is 1. The molecule has 0 saturated carbocycles. The van der Waals surface area contributed by atoms with Crippen molar-refractivity contribution in [3.63, 3.8) is 0 Å². The van der Waals surface area contributed by atoms with Crippen molar-refractivity contribution in [3.8, 4) is 6.07 Å². The number of imidazole rings is 1.